The zero-order valence-electron chi connectivity index (χ0n) is 17.8. The molecule has 31 heavy (non-hydrogen) atoms. The number of nitrogens with one attached hydrogen (secondary N) is 2. The summed E-state index contributed by atoms with van der Waals surface area (Å²) >= 11 is 7.78. The number of amides is 1. The number of anilines is 1. The van der Waals surface area contributed by atoms with E-state index < -0.39 is 5.25 Å². The van der Waals surface area contributed by atoms with Crippen LogP contribution in [0.15, 0.2) is 41.6 Å². The molecule has 9 heteroatoms. The predicted octanol–water partition coefficient (Wildman–Crippen LogP) is 4.52. The quantitative estimate of drug-likeness (QED) is 0.586. The Morgan fingerprint density at radius 1 is 1.29 bits per heavy atom. The van der Waals surface area contributed by atoms with Gasteiger partial charge in [-0.3, -0.25) is 4.79 Å². The van der Waals surface area contributed by atoms with Crippen molar-refractivity contribution in [3.8, 4) is 5.75 Å². The van der Waals surface area contributed by atoms with Gasteiger partial charge in [-0.05, 0) is 48.7 Å². The van der Waals surface area contributed by atoms with Crippen LogP contribution in [-0.2, 0) is 11.2 Å². The summed E-state index contributed by atoms with van der Waals surface area (Å²) in [5.41, 5.74) is 7.28. The predicted molar refractivity (Wildman–Crippen MR) is 124 cm³/mol. The van der Waals surface area contributed by atoms with Crippen LogP contribution < -0.4 is 15.5 Å². The van der Waals surface area contributed by atoms with Crippen molar-refractivity contribution in [1.82, 2.24) is 14.9 Å². The van der Waals surface area contributed by atoms with Crippen LogP contribution >= 0.6 is 23.4 Å². The first-order valence-corrected chi connectivity index (χ1v) is 11.3. The molecule has 162 valence electrons. The summed E-state index contributed by atoms with van der Waals surface area (Å²) in [6.45, 7) is 6.04. The average molecular weight is 458 g/mol. The molecule has 0 fully saturated rings. The monoisotopic (exact) mass is 457 g/mol. The number of ether oxygens (including phenoxy) is 1. The highest BCUT2D eigenvalue weighted by Gasteiger charge is 2.38. The molecule has 7 nitrogen and oxygen atoms in total. The second-order valence-electron chi connectivity index (χ2n) is 7.36. The second-order valence-corrected chi connectivity index (χ2v) is 8.88. The first kappa shape index (κ1) is 21.5. The Morgan fingerprint density at radius 3 is 2.81 bits per heavy atom. The molecule has 0 saturated carbocycles. The molecule has 1 aliphatic heterocycles. The normalized spacial score (nSPS) is 17.6. The molecule has 1 aromatic heterocycles. The number of halogens is 1. The van der Waals surface area contributed by atoms with Gasteiger partial charge >= 0.3 is 0 Å². The van der Waals surface area contributed by atoms with Crippen molar-refractivity contribution in [3.05, 3.63) is 63.9 Å². The van der Waals surface area contributed by atoms with Gasteiger partial charge in [0.15, 0.2) is 5.82 Å². The number of hydrogen-bond acceptors (Lipinski definition) is 6. The maximum absolute atomic E-state index is 13.4. The van der Waals surface area contributed by atoms with Crippen molar-refractivity contribution in [1.29, 1.82) is 0 Å². The van der Waals surface area contributed by atoms with E-state index >= 15 is 0 Å². The van der Waals surface area contributed by atoms with Gasteiger partial charge in [-0.15, -0.1) is 10.2 Å². The lowest BCUT2D eigenvalue weighted by atomic mass is 10.0. The van der Waals surface area contributed by atoms with Crippen LogP contribution in [0.2, 0.25) is 5.02 Å². The topological polar surface area (TPSA) is 81.1 Å². The van der Waals surface area contributed by atoms with E-state index in [1.165, 1.54) is 11.8 Å². The minimum atomic E-state index is -0.481. The number of aryl methyl sites for hydroxylation is 2. The number of nitrogens with zero attached hydrogens (tertiary/aromatic N) is 3. The standard InChI is InChI=1S/C22H24ClN5O2S/c1-5-18-25-26-22-28(18)27-19(14-9-10-17(30-4)15(23)11-14)20(31-22)21(29)24-16-8-6-7-12(2)13(16)3/h6-11,19-20,27H,5H2,1-4H3,(H,24,29)/t19-,20+/m0/s1. The van der Waals surface area contributed by atoms with Crippen LogP contribution in [0, 0.1) is 13.8 Å². The van der Waals surface area contributed by atoms with Gasteiger partial charge in [0, 0.05) is 12.1 Å². The molecule has 0 unspecified atom stereocenters. The van der Waals surface area contributed by atoms with Crippen LogP contribution in [0.5, 0.6) is 5.75 Å². The fourth-order valence-corrected chi connectivity index (χ4v) is 4.91. The van der Waals surface area contributed by atoms with E-state index in [0.717, 1.165) is 34.6 Å². The summed E-state index contributed by atoms with van der Waals surface area (Å²) in [5.74, 6) is 1.28. The molecule has 0 aliphatic carbocycles. The SMILES string of the molecule is CCc1nnc2n1N[C@@H](c1ccc(OC)c(Cl)c1)[C@H](C(=O)Nc1cccc(C)c1C)S2. The van der Waals surface area contributed by atoms with Gasteiger partial charge in [-0.2, -0.15) is 0 Å². The van der Waals surface area contributed by atoms with E-state index in [1.54, 1.807) is 7.11 Å². The van der Waals surface area contributed by atoms with Crippen molar-refractivity contribution < 1.29 is 9.53 Å². The lowest BCUT2D eigenvalue weighted by molar-refractivity contribution is -0.116. The summed E-state index contributed by atoms with van der Waals surface area (Å²) in [5, 5.41) is 12.3. The number of carbonyl (C=O) groups is 1. The van der Waals surface area contributed by atoms with Crippen LogP contribution in [0.1, 0.15) is 35.5 Å². The van der Waals surface area contributed by atoms with Gasteiger partial charge in [0.2, 0.25) is 11.1 Å². The number of fused-ring (bicyclic) bond motifs is 1. The molecule has 0 radical (unpaired) electrons. The Morgan fingerprint density at radius 2 is 2.10 bits per heavy atom. The van der Waals surface area contributed by atoms with Gasteiger partial charge in [-0.1, -0.05) is 48.5 Å². The number of methoxy groups -OCH3 is 1. The molecule has 0 spiro atoms. The summed E-state index contributed by atoms with van der Waals surface area (Å²) in [7, 11) is 1.58. The fraction of sp³-hybridized carbons (Fsp3) is 0.318. The Labute approximate surface area is 190 Å². The number of rotatable bonds is 5. The Hall–Kier alpha value is -2.71. The van der Waals surface area contributed by atoms with E-state index in [-0.39, 0.29) is 11.9 Å². The Bertz CT molecular complexity index is 1130. The lowest BCUT2D eigenvalue weighted by Crippen LogP contribution is -2.41. The van der Waals surface area contributed by atoms with Crippen molar-refractivity contribution in [2.75, 3.05) is 17.9 Å². The maximum Gasteiger partial charge on any atom is 0.240 e. The van der Waals surface area contributed by atoms with Crippen LogP contribution in [0.3, 0.4) is 0 Å². The van der Waals surface area contributed by atoms with E-state index in [2.05, 4.69) is 20.9 Å². The fourth-order valence-electron chi connectivity index (χ4n) is 3.54. The molecule has 0 bridgehead atoms. The number of thioether (sulfide) groups is 1. The first-order valence-electron chi connectivity index (χ1n) is 10.0. The summed E-state index contributed by atoms with van der Waals surface area (Å²) in [6, 6.07) is 11.1. The van der Waals surface area contributed by atoms with E-state index in [0.29, 0.717) is 15.9 Å². The minimum absolute atomic E-state index is 0.115. The molecule has 0 saturated heterocycles. The number of aromatic nitrogens is 3. The number of hydrogen-bond donors (Lipinski definition) is 2. The average Bonchev–Trinajstić information content (AvgIpc) is 3.18. The van der Waals surface area contributed by atoms with Gasteiger partial charge in [0.25, 0.3) is 0 Å². The molecule has 2 N–H and O–H groups in total. The van der Waals surface area contributed by atoms with Crippen LogP contribution in [0.25, 0.3) is 0 Å². The lowest BCUT2D eigenvalue weighted by Gasteiger charge is -2.33. The zero-order valence-corrected chi connectivity index (χ0v) is 19.3. The third kappa shape index (κ3) is 4.09. The van der Waals surface area contributed by atoms with E-state index in [9.17, 15) is 4.79 Å². The molecular formula is C22H24ClN5O2S. The van der Waals surface area contributed by atoms with Gasteiger partial charge in [-0.25, -0.2) is 4.68 Å². The summed E-state index contributed by atoms with van der Waals surface area (Å²) in [4.78, 5) is 13.4. The molecule has 2 atom stereocenters. The van der Waals surface area contributed by atoms with Crippen molar-refractivity contribution in [2.45, 2.75) is 43.6 Å². The molecule has 1 aliphatic rings. The highest BCUT2D eigenvalue weighted by molar-refractivity contribution is 8.00. The highest BCUT2D eigenvalue weighted by atomic mass is 35.5. The summed E-state index contributed by atoms with van der Waals surface area (Å²) < 4.78 is 7.14. The van der Waals surface area contributed by atoms with Crippen molar-refractivity contribution in [2.24, 2.45) is 0 Å². The molecule has 4 rings (SSSR count). The molecular weight excluding hydrogens is 434 g/mol. The maximum atomic E-state index is 13.4. The van der Waals surface area contributed by atoms with Gasteiger partial charge in [0.1, 0.15) is 11.0 Å². The number of carbonyl (C=O) groups excluding carboxylic acids is 1. The Kier molecular flexibility index (Phi) is 6.11. The van der Waals surface area contributed by atoms with Gasteiger partial charge < -0.3 is 15.5 Å². The minimum Gasteiger partial charge on any atom is -0.495 e. The van der Waals surface area contributed by atoms with Crippen LogP contribution in [0.4, 0.5) is 5.69 Å². The third-order valence-electron chi connectivity index (χ3n) is 5.48. The van der Waals surface area contributed by atoms with Crippen LogP contribution in [-0.4, -0.2) is 33.1 Å². The number of benzene rings is 2. The van der Waals surface area contributed by atoms with Gasteiger partial charge in [0.05, 0.1) is 18.2 Å². The third-order valence-corrected chi connectivity index (χ3v) is 6.99. The van der Waals surface area contributed by atoms with Crippen molar-refractivity contribution in [3.63, 3.8) is 0 Å². The molecule has 2 heterocycles. The Balaban J connectivity index is 1.71. The molecule has 1 amide bonds. The van der Waals surface area contributed by atoms with Crippen molar-refractivity contribution >= 4 is 35.0 Å². The second kappa shape index (κ2) is 8.80. The van der Waals surface area contributed by atoms with E-state index in [1.807, 2.05) is 61.8 Å². The highest BCUT2D eigenvalue weighted by Crippen LogP contribution is 2.39. The first-order chi connectivity index (χ1) is 14.9. The summed E-state index contributed by atoms with van der Waals surface area (Å²) in [6.07, 6.45) is 0.718. The largest absolute Gasteiger partial charge is 0.495 e. The smallest absolute Gasteiger partial charge is 0.240 e. The molecule has 3 aromatic rings. The zero-order chi connectivity index (χ0) is 22.1. The van der Waals surface area contributed by atoms with E-state index in [4.69, 9.17) is 16.3 Å². The molecule has 2 aromatic carbocycles.